The molecule has 1 saturated carbocycles. The van der Waals surface area contributed by atoms with E-state index in [1.807, 2.05) is 19.1 Å². The van der Waals surface area contributed by atoms with Gasteiger partial charge in [0.2, 0.25) is 11.8 Å². The molecule has 180 valence electrons. The SMILES string of the molecule is CCC1CCC(NC(=O)c2ccccn2)CC(Nc2nc(Nc3cc(C)[nH]n3)cc(OC)n2)C1. The van der Waals surface area contributed by atoms with Crippen LogP contribution in [-0.4, -0.2) is 50.2 Å². The molecule has 10 heteroatoms. The Morgan fingerprint density at radius 3 is 2.74 bits per heavy atom. The summed E-state index contributed by atoms with van der Waals surface area (Å²) in [5.74, 6) is 2.60. The van der Waals surface area contributed by atoms with Gasteiger partial charge >= 0.3 is 0 Å². The first-order valence-electron chi connectivity index (χ1n) is 11.7. The topological polar surface area (TPSA) is 130 Å². The number of aromatic nitrogens is 5. The minimum Gasteiger partial charge on any atom is -0.481 e. The summed E-state index contributed by atoms with van der Waals surface area (Å²) < 4.78 is 5.39. The summed E-state index contributed by atoms with van der Waals surface area (Å²) >= 11 is 0. The lowest BCUT2D eigenvalue weighted by Gasteiger charge is -2.23. The molecule has 4 N–H and O–H groups in total. The maximum atomic E-state index is 12.7. The molecular weight excluding hydrogens is 432 g/mol. The van der Waals surface area contributed by atoms with Gasteiger partial charge in [-0.2, -0.15) is 15.1 Å². The van der Waals surface area contributed by atoms with Crippen LogP contribution in [0, 0.1) is 12.8 Å². The number of ether oxygens (including phenoxy) is 1. The largest absolute Gasteiger partial charge is 0.481 e. The molecular formula is C24H32N8O2. The molecule has 34 heavy (non-hydrogen) atoms. The molecule has 4 rings (SSSR count). The van der Waals surface area contributed by atoms with E-state index in [4.69, 9.17) is 4.74 Å². The zero-order valence-corrected chi connectivity index (χ0v) is 19.8. The van der Waals surface area contributed by atoms with E-state index in [0.29, 0.717) is 35.1 Å². The molecule has 1 fully saturated rings. The predicted octanol–water partition coefficient (Wildman–Crippen LogP) is 3.83. The van der Waals surface area contributed by atoms with Gasteiger partial charge < -0.3 is 20.7 Å². The molecule has 3 unspecified atom stereocenters. The first-order valence-corrected chi connectivity index (χ1v) is 11.7. The number of nitrogens with zero attached hydrogens (tertiary/aromatic N) is 4. The fourth-order valence-electron chi connectivity index (χ4n) is 4.34. The Hall–Kier alpha value is -3.69. The number of rotatable bonds is 8. The van der Waals surface area contributed by atoms with Crippen molar-refractivity contribution in [1.82, 2.24) is 30.5 Å². The highest BCUT2D eigenvalue weighted by atomic mass is 16.5. The van der Waals surface area contributed by atoms with Gasteiger partial charge in [-0.25, -0.2) is 0 Å². The fraction of sp³-hybridized carbons (Fsp3) is 0.458. The lowest BCUT2D eigenvalue weighted by Crippen LogP contribution is -2.38. The summed E-state index contributed by atoms with van der Waals surface area (Å²) in [5, 5.41) is 17.0. The summed E-state index contributed by atoms with van der Waals surface area (Å²) in [4.78, 5) is 26.0. The minimum absolute atomic E-state index is 0.0405. The first kappa shape index (κ1) is 23.5. The van der Waals surface area contributed by atoms with Gasteiger partial charge in [-0.1, -0.05) is 19.4 Å². The molecule has 0 spiro atoms. The van der Waals surface area contributed by atoms with Crippen molar-refractivity contribution in [2.45, 2.75) is 58.0 Å². The van der Waals surface area contributed by atoms with E-state index in [9.17, 15) is 4.79 Å². The molecule has 1 aliphatic rings. The summed E-state index contributed by atoms with van der Waals surface area (Å²) in [6.45, 7) is 4.15. The number of hydrogen-bond acceptors (Lipinski definition) is 8. The molecule has 3 heterocycles. The van der Waals surface area contributed by atoms with E-state index in [1.165, 1.54) is 0 Å². The molecule has 3 atom stereocenters. The van der Waals surface area contributed by atoms with Crippen LogP contribution in [0.1, 0.15) is 55.2 Å². The number of aromatic amines is 1. The third-order valence-electron chi connectivity index (χ3n) is 6.13. The lowest BCUT2D eigenvalue weighted by atomic mass is 9.96. The number of hydrogen-bond donors (Lipinski definition) is 4. The Balaban J connectivity index is 1.48. The molecule has 1 amide bonds. The number of anilines is 3. The van der Waals surface area contributed by atoms with E-state index in [1.54, 1.807) is 31.5 Å². The number of nitrogens with one attached hydrogen (secondary N) is 4. The monoisotopic (exact) mass is 464 g/mol. The van der Waals surface area contributed by atoms with E-state index >= 15 is 0 Å². The molecule has 1 aliphatic carbocycles. The van der Waals surface area contributed by atoms with Crippen molar-refractivity contribution in [3.63, 3.8) is 0 Å². The van der Waals surface area contributed by atoms with Gasteiger partial charge in [0.15, 0.2) is 5.82 Å². The Morgan fingerprint density at radius 1 is 1.15 bits per heavy atom. The van der Waals surface area contributed by atoms with Crippen LogP contribution in [-0.2, 0) is 0 Å². The zero-order valence-electron chi connectivity index (χ0n) is 19.8. The van der Waals surface area contributed by atoms with Gasteiger partial charge in [-0.3, -0.25) is 14.9 Å². The summed E-state index contributed by atoms with van der Waals surface area (Å²) in [6, 6.07) is 9.13. The molecule has 0 radical (unpaired) electrons. The fourth-order valence-corrected chi connectivity index (χ4v) is 4.34. The molecule has 0 saturated heterocycles. The third kappa shape index (κ3) is 6.21. The number of amides is 1. The zero-order chi connectivity index (χ0) is 23.9. The van der Waals surface area contributed by atoms with Crippen molar-refractivity contribution in [2.75, 3.05) is 17.7 Å². The van der Waals surface area contributed by atoms with Gasteiger partial charge in [-0.05, 0) is 50.7 Å². The van der Waals surface area contributed by atoms with Crippen molar-refractivity contribution < 1.29 is 9.53 Å². The third-order valence-corrected chi connectivity index (χ3v) is 6.13. The smallest absolute Gasteiger partial charge is 0.270 e. The molecule has 0 aromatic carbocycles. The second-order valence-electron chi connectivity index (χ2n) is 8.73. The van der Waals surface area contributed by atoms with Gasteiger partial charge in [-0.15, -0.1) is 0 Å². The number of H-pyrrole nitrogens is 1. The number of aryl methyl sites for hydroxylation is 1. The highest BCUT2D eigenvalue weighted by molar-refractivity contribution is 5.92. The number of carbonyl (C=O) groups excluding carboxylic acids is 1. The van der Waals surface area contributed by atoms with Crippen LogP contribution in [0.3, 0.4) is 0 Å². The maximum Gasteiger partial charge on any atom is 0.270 e. The van der Waals surface area contributed by atoms with Crippen LogP contribution in [0.15, 0.2) is 36.5 Å². The molecule has 10 nitrogen and oxygen atoms in total. The van der Waals surface area contributed by atoms with Crippen LogP contribution >= 0.6 is 0 Å². The number of methoxy groups -OCH3 is 1. The van der Waals surface area contributed by atoms with Crippen LogP contribution in [0.25, 0.3) is 0 Å². The van der Waals surface area contributed by atoms with Crippen molar-refractivity contribution in [3.8, 4) is 5.88 Å². The Labute approximate surface area is 199 Å². The second kappa shape index (κ2) is 11.0. The highest BCUT2D eigenvalue weighted by Gasteiger charge is 2.27. The average Bonchev–Trinajstić information content (AvgIpc) is 3.15. The number of carbonyl (C=O) groups is 1. The summed E-state index contributed by atoms with van der Waals surface area (Å²) in [7, 11) is 1.58. The normalized spacial score (nSPS) is 20.3. The van der Waals surface area contributed by atoms with Crippen molar-refractivity contribution in [3.05, 3.63) is 47.9 Å². The lowest BCUT2D eigenvalue weighted by molar-refractivity contribution is 0.0927. The predicted molar refractivity (Wildman–Crippen MR) is 130 cm³/mol. The van der Waals surface area contributed by atoms with Crippen molar-refractivity contribution >= 4 is 23.5 Å². The standard InChI is InChI=1S/C24H32N8O2/c1-4-16-8-9-17(26-23(33)19-7-5-6-10-25-19)13-18(12-16)27-24-29-20(14-22(30-24)34-3)28-21-11-15(2)31-32-21/h5-7,10-11,14,16-18H,4,8-9,12-13H2,1-3H3,(H,26,33)(H3,27,28,29,30,31,32). The summed E-state index contributed by atoms with van der Waals surface area (Å²) in [6.07, 6.45) is 6.47. The molecule has 3 aromatic heterocycles. The van der Waals surface area contributed by atoms with Gasteiger partial charge in [0.05, 0.1) is 7.11 Å². The van der Waals surface area contributed by atoms with Gasteiger partial charge in [0, 0.05) is 36.1 Å². The minimum atomic E-state index is -0.141. The second-order valence-corrected chi connectivity index (χ2v) is 8.73. The van der Waals surface area contributed by atoms with E-state index < -0.39 is 0 Å². The van der Waals surface area contributed by atoms with Crippen molar-refractivity contribution in [2.24, 2.45) is 5.92 Å². The van der Waals surface area contributed by atoms with Crippen LogP contribution < -0.4 is 20.7 Å². The van der Waals surface area contributed by atoms with Crippen LogP contribution in [0.5, 0.6) is 5.88 Å². The van der Waals surface area contributed by atoms with E-state index in [0.717, 1.165) is 37.8 Å². The number of pyridine rings is 1. The average molecular weight is 465 g/mol. The Bertz CT molecular complexity index is 1090. The molecule has 0 bridgehead atoms. The van der Waals surface area contributed by atoms with E-state index in [2.05, 4.69) is 48.0 Å². The van der Waals surface area contributed by atoms with Crippen LogP contribution in [0.4, 0.5) is 17.6 Å². The highest BCUT2D eigenvalue weighted by Crippen LogP contribution is 2.29. The van der Waals surface area contributed by atoms with Gasteiger partial charge in [0.1, 0.15) is 11.5 Å². The maximum absolute atomic E-state index is 12.7. The quantitative estimate of drug-likeness (QED) is 0.370. The van der Waals surface area contributed by atoms with E-state index in [-0.39, 0.29) is 18.0 Å². The Kier molecular flexibility index (Phi) is 7.56. The van der Waals surface area contributed by atoms with Crippen molar-refractivity contribution in [1.29, 1.82) is 0 Å². The van der Waals surface area contributed by atoms with Gasteiger partial charge in [0.25, 0.3) is 5.91 Å². The molecule has 0 aliphatic heterocycles. The molecule has 3 aromatic rings. The summed E-state index contributed by atoms with van der Waals surface area (Å²) in [5.41, 5.74) is 1.38. The first-order chi connectivity index (χ1) is 16.5. The van der Waals surface area contributed by atoms with Crippen LogP contribution in [0.2, 0.25) is 0 Å². The Morgan fingerprint density at radius 2 is 2.03 bits per heavy atom.